The number of carbonyl (C=O) groups excluding carboxylic acids is 2. The number of anilines is 1. The molecule has 10 heteroatoms. The van der Waals surface area contributed by atoms with Gasteiger partial charge in [0, 0.05) is 49.7 Å². The van der Waals surface area contributed by atoms with Crippen LogP contribution in [0.4, 0.5) is 5.82 Å². The van der Waals surface area contributed by atoms with E-state index in [1.165, 1.54) is 11.8 Å². The predicted octanol–water partition coefficient (Wildman–Crippen LogP) is 2.03. The average Bonchev–Trinajstić information content (AvgIpc) is 2.85. The molecule has 3 rings (SSSR count). The Morgan fingerprint density at radius 3 is 2.59 bits per heavy atom. The molecule has 1 aromatic heterocycles. The molecule has 10 nitrogen and oxygen atoms in total. The number of nitrogens with zero attached hydrogens (tertiary/aromatic N) is 1. The van der Waals surface area contributed by atoms with Crippen molar-refractivity contribution in [2.45, 2.75) is 46.1 Å². The standard InChI is InChI=1S/C27H34N6O4/c1-16-11-17(2)23(18(3)12-16)26(35)33-22(27(36)37)15-31-25(34)20(13-28)14-29-10-8-21-7-6-19-5-4-9-30-24(19)32-21/h6-7,11-14,22,28-29H,4-5,8-10,15H2,1-3H3,(H,30,32)(H,31,34)(H,33,35)(H,36,37)/b20-14+,28-13?/t22-/m0/s1. The molecular formula is C27H34N6O4. The van der Waals surface area contributed by atoms with E-state index in [2.05, 4.69) is 32.3 Å². The highest BCUT2D eigenvalue weighted by molar-refractivity contribution is 6.11. The molecule has 0 unspecified atom stereocenters. The molecule has 0 aliphatic carbocycles. The number of amides is 2. The van der Waals surface area contributed by atoms with E-state index in [1.807, 2.05) is 25.1 Å². The first-order valence-corrected chi connectivity index (χ1v) is 12.3. The summed E-state index contributed by atoms with van der Waals surface area (Å²) in [7, 11) is 0. The third-order valence-electron chi connectivity index (χ3n) is 6.13. The zero-order valence-electron chi connectivity index (χ0n) is 21.4. The first-order chi connectivity index (χ1) is 17.7. The highest BCUT2D eigenvalue weighted by atomic mass is 16.4. The first kappa shape index (κ1) is 27.4. The summed E-state index contributed by atoms with van der Waals surface area (Å²) >= 11 is 0. The van der Waals surface area contributed by atoms with Gasteiger partial charge < -0.3 is 31.8 Å². The van der Waals surface area contributed by atoms with Crippen LogP contribution < -0.4 is 21.3 Å². The molecule has 1 atom stereocenters. The average molecular weight is 507 g/mol. The van der Waals surface area contributed by atoms with Gasteiger partial charge in [-0.2, -0.15) is 0 Å². The summed E-state index contributed by atoms with van der Waals surface area (Å²) in [5, 5.41) is 28.4. The van der Waals surface area contributed by atoms with Gasteiger partial charge in [0.05, 0.1) is 5.57 Å². The van der Waals surface area contributed by atoms with Gasteiger partial charge in [0.15, 0.2) is 0 Å². The van der Waals surface area contributed by atoms with Gasteiger partial charge in [0.2, 0.25) is 0 Å². The molecule has 2 heterocycles. The number of carboxylic acid groups (broad SMARTS) is 1. The maximum Gasteiger partial charge on any atom is 0.328 e. The summed E-state index contributed by atoms with van der Waals surface area (Å²) in [4.78, 5) is 41.6. The lowest BCUT2D eigenvalue weighted by Gasteiger charge is -2.18. The van der Waals surface area contributed by atoms with Crippen LogP contribution in [0.3, 0.4) is 0 Å². The van der Waals surface area contributed by atoms with E-state index in [0.29, 0.717) is 18.5 Å². The van der Waals surface area contributed by atoms with Crippen molar-refractivity contribution in [1.29, 1.82) is 5.41 Å². The van der Waals surface area contributed by atoms with Gasteiger partial charge in [0.1, 0.15) is 11.9 Å². The first-order valence-electron chi connectivity index (χ1n) is 12.3. The second-order valence-corrected chi connectivity index (χ2v) is 9.14. The molecule has 6 N–H and O–H groups in total. The molecule has 2 aromatic rings. The Labute approximate surface area is 216 Å². The maximum atomic E-state index is 12.8. The quantitative estimate of drug-likeness (QED) is 0.155. The van der Waals surface area contributed by atoms with Crippen LogP contribution >= 0.6 is 0 Å². The fourth-order valence-corrected chi connectivity index (χ4v) is 4.33. The van der Waals surface area contributed by atoms with Crippen molar-refractivity contribution in [3.8, 4) is 0 Å². The number of nitrogens with one attached hydrogen (secondary N) is 5. The van der Waals surface area contributed by atoms with E-state index < -0.39 is 23.8 Å². The van der Waals surface area contributed by atoms with E-state index in [9.17, 15) is 19.5 Å². The summed E-state index contributed by atoms with van der Waals surface area (Å²) in [6, 6.07) is 6.44. The molecule has 0 saturated heterocycles. The number of aryl methyl sites for hydroxylation is 4. The van der Waals surface area contributed by atoms with Crippen LogP contribution in [0.25, 0.3) is 0 Å². The van der Waals surface area contributed by atoms with Crippen molar-refractivity contribution in [2.24, 2.45) is 0 Å². The number of aromatic nitrogens is 1. The summed E-state index contributed by atoms with van der Waals surface area (Å²) < 4.78 is 0. The minimum Gasteiger partial charge on any atom is -0.480 e. The van der Waals surface area contributed by atoms with Gasteiger partial charge >= 0.3 is 5.97 Å². The van der Waals surface area contributed by atoms with Gasteiger partial charge in [-0.3, -0.25) is 9.59 Å². The zero-order valence-corrected chi connectivity index (χ0v) is 21.4. The van der Waals surface area contributed by atoms with Crippen molar-refractivity contribution in [1.82, 2.24) is 20.9 Å². The molecule has 196 valence electrons. The van der Waals surface area contributed by atoms with Crippen LogP contribution in [-0.4, -0.2) is 59.8 Å². The minimum atomic E-state index is -1.33. The van der Waals surface area contributed by atoms with Crippen molar-refractivity contribution in [3.05, 3.63) is 69.5 Å². The molecule has 0 radical (unpaired) electrons. The summed E-state index contributed by atoms with van der Waals surface area (Å²) in [5.74, 6) is -1.50. The van der Waals surface area contributed by atoms with Gasteiger partial charge in [-0.15, -0.1) is 0 Å². The third-order valence-corrected chi connectivity index (χ3v) is 6.13. The Bertz CT molecular complexity index is 1200. The number of carbonyl (C=O) groups is 3. The largest absolute Gasteiger partial charge is 0.480 e. The Balaban J connectivity index is 1.53. The van der Waals surface area contributed by atoms with E-state index in [4.69, 9.17) is 5.41 Å². The number of fused-ring (bicyclic) bond motifs is 1. The normalized spacial score (nSPS) is 13.5. The van der Waals surface area contributed by atoms with Crippen LogP contribution in [0.5, 0.6) is 0 Å². The Kier molecular flexibility index (Phi) is 9.37. The zero-order chi connectivity index (χ0) is 26.9. The Hall–Kier alpha value is -4.21. The number of pyridine rings is 1. The number of benzene rings is 1. The molecule has 0 spiro atoms. The van der Waals surface area contributed by atoms with Crippen molar-refractivity contribution in [2.75, 3.05) is 25.0 Å². The van der Waals surface area contributed by atoms with Crippen molar-refractivity contribution < 1.29 is 19.5 Å². The van der Waals surface area contributed by atoms with Gasteiger partial charge in [0.25, 0.3) is 11.8 Å². The van der Waals surface area contributed by atoms with E-state index in [0.717, 1.165) is 53.8 Å². The smallest absolute Gasteiger partial charge is 0.328 e. The predicted molar refractivity (Wildman–Crippen MR) is 142 cm³/mol. The molecule has 37 heavy (non-hydrogen) atoms. The van der Waals surface area contributed by atoms with Crippen LogP contribution in [-0.2, 0) is 22.4 Å². The molecule has 0 fully saturated rings. The Morgan fingerprint density at radius 2 is 1.92 bits per heavy atom. The van der Waals surface area contributed by atoms with Crippen molar-refractivity contribution in [3.63, 3.8) is 0 Å². The van der Waals surface area contributed by atoms with E-state index in [1.54, 1.807) is 13.8 Å². The summed E-state index contributed by atoms with van der Waals surface area (Å²) in [6.07, 6.45) is 5.04. The number of rotatable bonds is 11. The number of hydrogen-bond acceptors (Lipinski definition) is 7. The lowest BCUT2D eigenvalue weighted by Crippen LogP contribution is -2.49. The Morgan fingerprint density at radius 1 is 1.19 bits per heavy atom. The highest BCUT2D eigenvalue weighted by Gasteiger charge is 2.23. The van der Waals surface area contributed by atoms with E-state index in [-0.39, 0.29) is 12.1 Å². The second-order valence-electron chi connectivity index (χ2n) is 9.14. The lowest BCUT2D eigenvalue weighted by molar-refractivity contribution is -0.139. The molecule has 0 saturated carbocycles. The van der Waals surface area contributed by atoms with Crippen LogP contribution in [0.1, 0.15) is 44.7 Å². The number of carboxylic acids is 1. The molecular weight excluding hydrogens is 472 g/mol. The second kappa shape index (κ2) is 12.7. The monoisotopic (exact) mass is 506 g/mol. The summed E-state index contributed by atoms with van der Waals surface area (Å²) in [6.45, 7) is 6.59. The molecule has 1 aromatic carbocycles. The topological polar surface area (TPSA) is 156 Å². The third kappa shape index (κ3) is 7.39. The van der Waals surface area contributed by atoms with Gasteiger partial charge in [-0.25, -0.2) is 9.78 Å². The molecule has 1 aliphatic rings. The molecule has 0 bridgehead atoms. The van der Waals surface area contributed by atoms with Crippen LogP contribution in [0.15, 0.2) is 36.0 Å². The fourth-order valence-electron chi connectivity index (χ4n) is 4.33. The van der Waals surface area contributed by atoms with Crippen molar-refractivity contribution >= 4 is 29.8 Å². The fraction of sp³-hybridized carbons (Fsp3) is 0.370. The highest BCUT2D eigenvalue weighted by Crippen LogP contribution is 2.19. The van der Waals surface area contributed by atoms with Gasteiger partial charge in [-0.05, 0) is 56.4 Å². The SMILES string of the molecule is Cc1cc(C)c(C(=O)N[C@@H](CNC(=O)/C(C=N)=C/NCCc2ccc3c(n2)NCCC3)C(=O)O)c(C)c1. The van der Waals surface area contributed by atoms with Gasteiger partial charge in [-0.1, -0.05) is 23.8 Å². The lowest BCUT2D eigenvalue weighted by atomic mass is 9.99. The maximum absolute atomic E-state index is 12.8. The van der Waals surface area contributed by atoms with Crippen LogP contribution in [0, 0.1) is 26.2 Å². The molecule has 1 aliphatic heterocycles. The molecule has 2 amide bonds. The number of hydrogen-bond donors (Lipinski definition) is 6. The van der Waals surface area contributed by atoms with E-state index >= 15 is 0 Å². The number of aliphatic carboxylic acids is 1. The van der Waals surface area contributed by atoms with Crippen LogP contribution in [0.2, 0.25) is 0 Å². The summed E-state index contributed by atoms with van der Waals surface area (Å²) in [5.41, 5.74) is 5.05. The minimum absolute atomic E-state index is 0.0285.